The van der Waals surface area contributed by atoms with Crippen LogP contribution in [0.2, 0.25) is 20.2 Å². The van der Waals surface area contributed by atoms with E-state index in [4.69, 9.17) is 58.0 Å². The van der Waals surface area contributed by atoms with E-state index in [1.807, 2.05) is 0 Å². The predicted octanol–water partition coefficient (Wildman–Crippen LogP) is -0.652. The molecule has 0 saturated carbocycles. The first-order valence-corrected chi connectivity index (χ1v) is 17.0. The molecule has 0 aliphatic carbocycles. The van der Waals surface area contributed by atoms with Crippen molar-refractivity contribution in [2.24, 2.45) is 0 Å². The maximum absolute atomic E-state index is 11.6. The molecule has 0 aliphatic rings. The summed E-state index contributed by atoms with van der Waals surface area (Å²) in [5, 5.41) is 34.5. The Bertz CT molecular complexity index is 1660. The molecule has 2 N–H and O–H groups in total. The van der Waals surface area contributed by atoms with Gasteiger partial charge < -0.3 is 47.2 Å². The zero-order valence-electron chi connectivity index (χ0n) is 29.3. The third-order valence-corrected chi connectivity index (χ3v) is 9.53. The number of thiol groups is 1. The van der Waals surface area contributed by atoms with Crippen LogP contribution in [0.4, 0.5) is 0 Å². The number of benzene rings is 2. The van der Waals surface area contributed by atoms with Gasteiger partial charge in [0.25, 0.3) is 5.03 Å². The summed E-state index contributed by atoms with van der Waals surface area (Å²) in [6.45, 7) is 8.30. The van der Waals surface area contributed by atoms with Crippen LogP contribution in [0.25, 0.3) is 0 Å². The number of nitrogens with zero attached hydrogens (tertiary/aromatic N) is 3. The molecule has 18 heteroatoms. The van der Waals surface area contributed by atoms with Crippen LogP contribution in [-0.2, 0) is 37.8 Å². The average Bonchev–Trinajstić information content (AvgIpc) is 3.02. The molecule has 0 aliphatic heterocycles. The Morgan fingerprint density at radius 2 is 1.06 bits per heavy atom. The van der Waals surface area contributed by atoms with Crippen molar-refractivity contribution in [1.82, 2.24) is 0 Å². The normalized spacial score (nSPS) is 9.04. The van der Waals surface area contributed by atoms with Crippen molar-refractivity contribution in [3.8, 4) is 0 Å². The van der Waals surface area contributed by atoms with Gasteiger partial charge in [0.1, 0.15) is 10.0 Å². The number of alkyl halides is 1. The van der Waals surface area contributed by atoms with Crippen LogP contribution < -0.4 is 103 Å². The molecule has 7 nitrogen and oxygen atoms in total. The van der Waals surface area contributed by atoms with Gasteiger partial charge in [-0.05, 0) is 91.5 Å². The van der Waals surface area contributed by atoms with Gasteiger partial charge in [0, 0.05) is 29.8 Å². The quantitative estimate of drug-likeness (QED) is 0.0347. The van der Waals surface area contributed by atoms with E-state index in [-0.39, 0.29) is 123 Å². The maximum Gasteiger partial charge on any atom is 1.00 e. The molecule has 0 unspecified atom stereocenters. The summed E-state index contributed by atoms with van der Waals surface area (Å²) < 4.78 is 1.87. The van der Waals surface area contributed by atoms with Crippen molar-refractivity contribution < 1.29 is 108 Å². The molecule has 0 atom stereocenters. The van der Waals surface area contributed by atoms with Gasteiger partial charge in [-0.2, -0.15) is 14.2 Å². The molecule has 0 fully saturated rings. The Kier molecular flexibility index (Phi) is 35.2. The number of rotatable bonds is 4. The SMILES string of the molecule is Cc1ccc(C)c(CCl)c1.Cc1ccc(C)c(CSc2c(Cl)ccc[n+]2[O-])c1.O.[Na+].[Na+].[Na+].[O-][n+]1cccc(Cl)c1Cl.[O-][n+]1cccc(Cl)c1[S-].[SH-]. The fraction of sp³-hybridized carbons (Fsp3) is 0.182. The van der Waals surface area contributed by atoms with Crippen molar-refractivity contribution in [3.05, 3.63) is 161 Å². The van der Waals surface area contributed by atoms with E-state index in [0.717, 1.165) is 10.5 Å². The summed E-state index contributed by atoms with van der Waals surface area (Å²) in [7, 11) is 0. The molecule has 5 rings (SSSR count). The Morgan fingerprint density at radius 1 is 0.627 bits per heavy atom. The summed E-state index contributed by atoms with van der Waals surface area (Å²) in [5.74, 6) is 1.37. The molecule has 0 saturated heterocycles. The molecule has 2 aromatic carbocycles. The average molecular weight is 879 g/mol. The van der Waals surface area contributed by atoms with Gasteiger partial charge in [0.05, 0.1) is 10.0 Å². The summed E-state index contributed by atoms with van der Waals surface area (Å²) in [5.41, 5.74) is 7.49. The molecule has 0 spiro atoms. The molecule has 5 aromatic rings. The Hall–Kier alpha value is 0.620. The molecule has 260 valence electrons. The van der Waals surface area contributed by atoms with E-state index in [0.29, 0.717) is 30.4 Å². The largest absolute Gasteiger partial charge is 1.00 e. The number of pyridine rings is 3. The fourth-order valence-electron chi connectivity index (χ4n) is 3.52. The van der Waals surface area contributed by atoms with Gasteiger partial charge in [-0.1, -0.05) is 82.3 Å². The molecule has 51 heavy (non-hydrogen) atoms. The predicted molar refractivity (Wildman–Crippen MR) is 205 cm³/mol. The van der Waals surface area contributed by atoms with Crippen LogP contribution in [0.15, 0.2) is 101 Å². The zero-order valence-corrected chi connectivity index (χ0v) is 41.6. The van der Waals surface area contributed by atoms with Crippen LogP contribution >= 0.6 is 69.8 Å². The van der Waals surface area contributed by atoms with Crippen molar-refractivity contribution >= 4 is 95.9 Å². The van der Waals surface area contributed by atoms with E-state index in [2.05, 4.69) is 76.7 Å². The van der Waals surface area contributed by atoms with E-state index < -0.39 is 0 Å². The van der Waals surface area contributed by atoms with Crippen molar-refractivity contribution in [2.45, 2.75) is 49.4 Å². The second-order valence-corrected chi connectivity index (χ2v) is 12.9. The van der Waals surface area contributed by atoms with Gasteiger partial charge in [-0.25, -0.2) is 0 Å². The molecular weight excluding hydrogens is 845 g/mol. The molecule has 0 amide bonds. The number of hydrogen-bond acceptors (Lipinski definition) is 6. The molecular formula is C33H34Cl5N3Na3O4S3+. The Labute approximate surface area is 408 Å². The number of hydrogen-bond donors (Lipinski definition) is 0. The zero-order chi connectivity index (χ0) is 34.4. The number of aryl methyl sites for hydroxylation is 4. The van der Waals surface area contributed by atoms with E-state index in [1.165, 1.54) is 69.8 Å². The van der Waals surface area contributed by atoms with Crippen LogP contribution in [0.1, 0.15) is 33.4 Å². The van der Waals surface area contributed by atoms with Gasteiger partial charge in [-0.15, -0.1) is 11.6 Å². The molecule has 0 bridgehead atoms. The third kappa shape index (κ3) is 20.9. The topological polar surface area (TPSA) is 112 Å². The van der Waals surface area contributed by atoms with E-state index in [9.17, 15) is 15.6 Å². The van der Waals surface area contributed by atoms with Gasteiger partial charge in [-0.3, -0.25) is 0 Å². The summed E-state index contributed by atoms with van der Waals surface area (Å²) in [6, 6.07) is 22.3. The number of halogens is 5. The first-order valence-electron chi connectivity index (χ1n) is 13.5. The maximum atomic E-state index is 11.6. The Morgan fingerprint density at radius 3 is 1.47 bits per heavy atom. The van der Waals surface area contributed by atoms with Crippen molar-refractivity contribution in [2.75, 3.05) is 0 Å². The van der Waals surface area contributed by atoms with Gasteiger partial charge in [0.15, 0.2) is 18.6 Å². The standard InChI is InChI=1S/C14H14ClNOS.C9H11Cl.C5H3Cl2NO.C5H4ClNOS.3Na.H2O.H2S/c1-10-5-6-11(2)12(8-10)9-18-14-13(15)4-3-7-16(14)17;1-7-3-4-8(2)9(5-7)6-10;6-4-2-1-3-8(9)5(4)7;6-4-2-1-3-7(8)5(4)9;;;;;/h3-8H,9H2,1-2H3;3-5H,6H2,1-2H3;1-3H;1-3,9H;;;;2*1H2/q;;;;3*+1;;/p-2. The second-order valence-electron chi connectivity index (χ2n) is 9.73. The minimum Gasteiger partial charge on any atom is -0.813 e. The van der Waals surface area contributed by atoms with Crippen molar-refractivity contribution in [1.29, 1.82) is 0 Å². The van der Waals surface area contributed by atoms with Gasteiger partial charge >= 0.3 is 93.8 Å². The smallest absolute Gasteiger partial charge is 0.813 e. The molecule has 3 aromatic heterocycles. The van der Waals surface area contributed by atoms with Crippen molar-refractivity contribution in [3.63, 3.8) is 0 Å². The van der Waals surface area contributed by atoms with Crippen LogP contribution in [0.5, 0.6) is 0 Å². The first-order chi connectivity index (χ1) is 21.7. The van der Waals surface area contributed by atoms with Crippen LogP contribution in [0, 0.1) is 43.3 Å². The van der Waals surface area contributed by atoms with Gasteiger partial charge in [0.2, 0.25) is 0 Å². The van der Waals surface area contributed by atoms with Crippen LogP contribution in [0.3, 0.4) is 0 Å². The fourth-order valence-corrected chi connectivity index (χ4v) is 5.69. The van der Waals surface area contributed by atoms with E-state index in [1.54, 1.807) is 30.3 Å². The monoisotopic (exact) mass is 876 g/mol. The second kappa shape index (κ2) is 30.8. The summed E-state index contributed by atoms with van der Waals surface area (Å²) in [6.07, 6.45) is 4.07. The molecule has 0 radical (unpaired) electrons. The molecule has 3 heterocycles. The Balaban J connectivity index is -0.000000293. The van der Waals surface area contributed by atoms with E-state index >= 15 is 0 Å². The van der Waals surface area contributed by atoms with Crippen LogP contribution in [-0.4, -0.2) is 5.48 Å². The third-order valence-electron chi connectivity index (χ3n) is 6.11. The summed E-state index contributed by atoms with van der Waals surface area (Å²) in [4.78, 5) is 0. The number of aromatic nitrogens is 3. The minimum absolute atomic E-state index is 0. The minimum atomic E-state index is 0. The number of thioether (sulfide) groups is 1. The first kappa shape index (κ1) is 58.3. The summed E-state index contributed by atoms with van der Waals surface area (Å²) >= 11 is 34.2.